The molecule has 1 atom stereocenters. The zero-order valence-electron chi connectivity index (χ0n) is 11.5. The normalized spacial score (nSPS) is 13.4. The third kappa shape index (κ3) is 4.00. The van der Waals surface area contributed by atoms with Gasteiger partial charge in [-0.25, -0.2) is 0 Å². The van der Waals surface area contributed by atoms with Gasteiger partial charge < -0.3 is 5.32 Å². The summed E-state index contributed by atoms with van der Waals surface area (Å²) in [4.78, 5) is 0. The fraction of sp³-hybridized carbons (Fsp3) is 0.769. The van der Waals surface area contributed by atoms with Crippen molar-refractivity contribution in [2.75, 3.05) is 7.05 Å². The third-order valence-electron chi connectivity index (χ3n) is 3.16. The number of halogens is 1. The fourth-order valence-electron chi connectivity index (χ4n) is 2.21. The van der Waals surface area contributed by atoms with Gasteiger partial charge in [0.05, 0.1) is 16.4 Å². The van der Waals surface area contributed by atoms with E-state index in [4.69, 9.17) is 11.6 Å². The first-order valence-corrected chi connectivity index (χ1v) is 6.68. The Kier molecular flexibility index (Phi) is 5.47. The van der Waals surface area contributed by atoms with Gasteiger partial charge in [-0.15, -0.1) is 0 Å². The molecular weight excluding hydrogens is 234 g/mol. The Bertz CT molecular complexity index is 358. The van der Waals surface area contributed by atoms with Gasteiger partial charge in [-0.2, -0.15) is 5.10 Å². The van der Waals surface area contributed by atoms with Crippen LogP contribution in [0, 0.1) is 12.8 Å². The first-order chi connectivity index (χ1) is 7.95. The first-order valence-electron chi connectivity index (χ1n) is 6.31. The smallest absolute Gasteiger partial charge is 0.0846 e. The standard InChI is InChI=1S/C13H24ClN3/c1-9(2)8-11(15-4)6-7-12-13(14)10(3)16-17(12)5/h9,11,15H,6-8H2,1-5H3. The van der Waals surface area contributed by atoms with Crippen LogP contribution in [0.25, 0.3) is 0 Å². The molecule has 0 bridgehead atoms. The van der Waals surface area contributed by atoms with E-state index in [0.717, 1.165) is 35.2 Å². The van der Waals surface area contributed by atoms with Crippen molar-refractivity contribution in [3.05, 3.63) is 16.4 Å². The van der Waals surface area contributed by atoms with Crippen molar-refractivity contribution >= 4 is 11.6 Å². The highest BCUT2D eigenvalue weighted by atomic mass is 35.5. The minimum atomic E-state index is 0.557. The maximum absolute atomic E-state index is 6.24. The minimum Gasteiger partial charge on any atom is -0.317 e. The molecule has 0 aromatic carbocycles. The Hall–Kier alpha value is -0.540. The molecule has 0 radical (unpaired) electrons. The summed E-state index contributed by atoms with van der Waals surface area (Å²) in [5.74, 6) is 0.719. The predicted octanol–water partition coefficient (Wildman–Crippen LogP) is 2.95. The van der Waals surface area contributed by atoms with Gasteiger partial charge in [-0.3, -0.25) is 4.68 Å². The molecule has 0 aliphatic rings. The van der Waals surface area contributed by atoms with Crippen LogP contribution >= 0.6 is 11.6 Å². The van der Waals surface area contributed by atoms with Gasteiger partial charge in [-0.1, -0.05) is 25.4 Å². The highest BCUT2D eigenvalue weighted by molar-refractivity contribution is 6.31. The molecule has 1 unspecified atom stereocenters. The molecule has 0 saturated carbocycles. The zero-order chi connectivity index (χ0) is 13.0. The van der Waals surface area contributed by atoms with Crippen molar-refractivity contribution in [3.63, 3.8) is 0 Å². The lowest BCUT2D eigenvalue weighted by molar-refractivity contribution is 0.418. The molecule has 4 heteroatoms. The minimum absolute atomic E-state index is 0.557. The Morgan fingerprint density at radius 2 is 2.06 bits per heavy atom. The number of nitrogens with zero attached hydrogens (tertiary/aromatic N) is 2. The number of aryl methyl sites for hydroxylation is 2. The summed E-state index contributed by atoms with van der Waals surface area (Å²) in [6.45, 7) is 6.46. The zero-order valence-corrected chi connectivity index (χ0v) is 12.3. The summed E-state index contributed by atoms with van der Waals surface area (Å²) in [5, 5.41) is 8.54. The first kappa shape index (κ1) is 14.5. The van der Waals surface area contributed by atoms with Crippen molar-refractivity contribution in [2.45, 2.75) is 46.1 Å². The van der Waals surface area contributed by atoms with Crippen molar-refractivity contribution in [1.82, 2.24) is 15.1 Å². The molecule has 1 aromatic rings. The molecule has 1 heterocycles. The lowest BCUT2D eigenvalue weighted by Gasteiger charge is -2.18. The number of aromatic nitrogens is 2. The molecule has 1 N–H and O–H groups in total. The quantitative estimate of drug-likeness (QED) is 0.849. The molecule has 98 valence electrons. The number of hydrogen-bond acceptors (Lipinski definition) is 2. The molecule has 0 aliphatic carbocycles. The second-order valence-corrected chi connectivity index (χ2v) is 5.50. The summed E-state index contributed by atoms with van der Waals surface area (Å²) in [7, 11) is 3.99. The highest BCUT2D eigenvalue weighted by Gasteiger charge is 2.14. The van der Waals surface area contributed by atoms with Gasteiger partial charge in [0.25, 0.3) is 0 Å². The Morgan fingerprint density at radius 1 is 1.41 bits per heavy atom. The lowest BCUT2D eigenvalue weighted by Crippen LogP contribution is -2.27. The maximum Gasteiger partial charge on any atom is 0.0846 e. The van der Waals surface area contributed by atoms with Crippen LogP contribution in [0.1, 0.15) is 38.1 Å². The van der Waals surface area contributed by atoms with Crippen LogP contribution in [0.5, 0.6) is 0 Å². The number of hydrogen-bond donors (Lipinski definition) is 1. The fourth-order valence-corrected chi connectivity index (χ4v) is 2.47. The van der Waals surface area contributed by atoms with Crippen LogP contribution in [0.15, 0.2) is 0 Å². The molecule has 0 fully saturated rings. The van der Waals surface area contributed by atoms with E-state index in [2.05, 4.69) is 24.3 Å². The monoisotopic (exact) mass is 257 g/mol. The van der Waals surface area contributed by atoms with E-state index < -0.39 is 0 Å². The SMILES string of the molecule is CNC(CCc1c(Cl)c(C)nn1C)CC(C)C. The summed E-state index contributed by atoms with van der Waals surface area (Å²) in [6, 6.07) is 0.557. The van der Waals surface area contributed by atoms with Crippen LogP contribution in [0.4, 0.5) is 0 Å². The van der Waals surface area contributed by atoms with Crippen LogP contribution in [-0.2, 0) is 13.5 Å². The van der Waals surface area contributed by atoms with E-state index >= 15 is 0 Å². The highest BCUT2D eigenvalue weighted by Crippen LogP contribution is 2.21. The van der Waals surface area contributed by atoms with Crippen LogP contribution in [0.3, 0.4) is 0 Å². The second kappa shape index (κ2) is 6.41. The average Bonchev–Trinajstić information content (AvgIpc) is 2.49. The largest absolute Gasteiger partial charge is 0.317 e. The van der Waals surface area contributed by atoms with Crippen LogP contribution < -0.4 is 5.32 Å². The topological polar surface area (TPSA) is 29.9 Å². The predicted molar refractivity (Wildman–Crippen MR) is 73.6 cm³/mol. The second-order valence-electron chi connectivity index (χ2n) is 5.12. The molecule has 3 nitrogen and oxygen atoms in total. The van der Waals surface area contributed by atoms with Crippen molar-refractivity contribution in [1.29, 1.82) is 0 Å². The van der Waals surface area contributed by atoms with E-state index in [-0.39, 0.29) is 0 Å². The average molecular weight is 258 g/mol. The molecule has 1 aromatic heterocycles. The maximum atomic E-state index is 6.24. The van der Waals surface area contributed by atoms with Crippen LogP contribution in [0.2, 0.25) is 5.02 Å². The van der Waals surface area contributed by atoms with Crippen LogP contribution in [-0.4, -0.2) is 22.9 Å². The summed E-state index contributed by atoms with van der Waals surface area (Å²) in [5.41, 5.74) is 2.07. The van der Waals surface area contributed by atoms with Crippen molar-refractivity contribution < 1.29 is 0 Å². The van der Waals surface area contributed by atoms with Gasteiger partial charge >= 0.3 is 0 Å². The van der Waals surface area contributed by atoms with E-state index in [1.165, 1.54) is 6.42 Å². The Balaban J connectivity index is 2.59. The van der Waals surface area contributed by atoms with Gasteiger partial charge in [0.2, 0.25) is 0 Å². The molecule has 0 amide bonds. The molecule has 0 saturated heterocycles. The number of rotatable bonds is 6. The third-order valence-corrected chi connectivity index (χ3v) is 3.65. The lowest BCUT2D eigenvalue weighted by atomic mass is 9.99. The van der Waals surface area contributed by atoms with E-state index in [9.17, 15) is 0 Å². The van der Waals surface area contributed by atoms with E-state index in [0.29, 0.717) is 6.04 Å². The molecule has 1 rings (SSSR count). The van der Waals surface area contributed by atoms with Crippen molar-refractivity contribution in [3.8, 4) is 0 Å². The van der Waals surface area contributed by atoms with Gasteiger partial charge in [0.15, 0.2) is 0 Å². The van der Waals surface area contributed by atoms with E-state index in [1.807, 2.05) is 25.7 Å². The van der Waals surface area contributed by atoms with Gasteiger partial charge in [0, 0.05) is 13.1 Å². The Morgan fingerprint density at radius 3 is 2.47 bits per heavy atom. The van der Waals surface area contributed by atoms with Gasteiger partial charge in [-0.05, 0) is 39.2 Å². The summed E-state index contributed by atoms with van der Waals surface area (Å²) in [6.07, 6.45) is 3.28. The Labute approximate surface area is 110 Å². The molecule has 17 heavy (non-hydrogen) atoms. The van der Waals surface area contributed by atoms with Gasteiger partial charge in [0.1, 0.15) is 0 Å². The number of nitrogens with one attached hydrogen (secondary N) is 1. The summed E-state index contributed by atoms with van der Waals surface area (Å²) >= 11 is 6.24. The van der Waals surface area contributed by atoms with Crippen molar-refractivity contribution in [2.24, 2.45) is 13.0 Å². The molecular formula is C13H24ClN3. The summed E-state index contributed by atoms with van der Waals surface area (Å²) < 4.78 is 1.90. The van der Waals surface area contributed by atoms with E-state index in [1.54, 1.807) is 0 Å². The molecule has 0 spiro atoms. The molecule has 0 aliphatic heterocycles.